The molecule has 0 atom stereocenters. The van der Waals surface area contributed by atoms with Crippen molar-refractivity contribution in [3.05, 3.63) is 63.6 Å². The van der Waals surface area contributed by atoms with Crippen molar-refractivity contribution >= 4 is 29.4 Å². The van der Waals surface area contributed by atoms with Crippen LogP contribution in [0.15, 0.2) is 47.6 Å². The van der Waals surface area contributed by atoms with Gasteiger partial charge in [-0.1, -0.05) is 41.4 Å². The Bertz CT molecular complexity index is 648. The highest BCUT2D eigenvalue weighted by Crippen LogP contribution is 2.23. The van der Waals surface area contributed by atoms with Gasteiger partial charge in [-0.25, -0.2) is 0 Å². The van der Waals surface area contributed by atoms with Crippen LogP contribution in [0.3, 0.4) is 0 Å². The van der Waals surface area contributed by atoms with E-state index in [9.17, 15) is 0 Å². The number of nitrogens with zero attached hydrogens (tertiary/aromatic N) is 1. The molecule has 2 rings (SSSR count). The summed E-state index contributed by atoms with van der Waals surface area (Å²) in [5, 5.41) is 13.7. The molecule has 6 heteroatoms. The molecule has 0 aliphatic carbocycles. The lowest BCUT2D eigenvalue weighted by Crippen LogP contribution is -2.11. The first-order valence-corrected chi connectivity index (χ1v) is 7.48. The van der Waals surface area contributed by atoms with Gasteiger partial charge in [0.15, 0.2) is 0 Å². The molecular formula is C16H16Cl2N2O2. The van der Waals surface area contributed by atoms with Gasteiger partial charge < -0.3 is 15.3 Å². The van der Waals surface area contributed by atoms with E-state index in [-0.39, 0.29) is 6.61 Å². The molecule has 0 aromatic heterocycles. The zero-order valence-electron chi connectivity index (χ0n) is 11.8. The summed E-state index contributed by atoms with van der Waals surface area (Å²) in [4.78, 5) is 0. The van der Waals surface area contributed by atoms with E-state index in [1.807, 2.05) is 30.3 Å². The van der Waals surface area contributed by atoms with Crippen LogP contribution in [-0.4, -0.2) is 24.5 Å². The number of rotatable bonds is 7. The molecule has 4 nitrogen and oxygen atoms in total. The quantitative estimate of drug-likeness (QED) is 0.461. The first-order chi connectivity index (χ1) is 10.7. The third-order valence-electron chi connectivity index (χ3n) is 2.78. The van der Waals surface area contributed by atoms with Crippen molar-refractivity contribution < 1.29 is 9.84 Å². The molecule has 0 amide bonds. The Balaban J connectivity index is 1.95. The Hall–Kier alpha value is -1.75. The molecule has 0 saturated carbocycles. The highest BCUT2D eigenvalue weighted by atomic mass is 35.5. The maximum atomic E-state index is 8.65. The van der Waals surface area contributed by atoms with Gasteiger partial charge in [0.1, 0.15) is 12.4 Å². The molecule has 116 valence electrons. The van der Waals surface area contributed by atoms with E-state index in [2.05, 4.69) is 10.5 Å². The summed E-state index contributed by atoms with van der Waals surface area (Å²) in [5.74, 6) is 0.734. The Morgan fingerprint density at radius 1 is 1.14 bits per heavy atom. The molecule has 0 unspecified atom stereocenters. The van der Waals surface area contributed by atoms with Crippen LogP contribution < -0.4 is 10.2 Å². The van der Waals surface area contributed by atoms with Crippen LogP contribution in [0.4, 0.5) is 0 Å². The van der Waals surface area contributed by atoms with Gasteiger partial charge in [0.05, 0.1) is 29.4 Å². The molecule has 0 bridgehead atoms. The predicted octanol–water partition coefficient (Wildman–Crippen LogP) is 3.49. The van der Waals surface area contributed by atoms with Gasteiger partial charge in [-0.2, -0.15) is 5.10 Å². The second-order valence-electron chi connectivity index (χ2n) is 4.50. The molecule has 0 heterocycles. The van der Waals surface area contributed by atoms with E-state index in [1.54, 1.807) is 18.3 Å². The summed E-state index contributed by atoms with van der Waals surface area (Å²) in [7, 11) is 0. The number of aliphatic hydroxyl groups is 1. The maximum Gasteiger partial charge on any atom is 0.120 e. The van der Waals surface area contributed by atoms with Crippen molar-refractivity contribution in [3.8, 4) is 5.75 Å². The molecule has 0 radical (unpaired) electrons. The van der Waals surface area contributed by atoms with Gasteiger partial charge in [0, 0.05) is 0 Å². The van der Waals surface area contributed by atoms with Crippen molar-refractivity contribution in [2.75, 3.05) is 13.2 Å². The molecule has 0 spiro atoms. The monoisotopic (exact) mass is 338 g/mol. The van der Waals surface area contributed by atoms with Gasteiger partial charge in [-0.15, -0.1) is 0 Å². The Kier molecular flexibility index (Phi) is 6.52. The molecule has 2 aromatic carbocycles. The molecule has 22 heavy (non-hydrogen) atoms. The van der Waals surface area contributed by atoms with Crippen molar-refractivity contribution in [2.45, 2.75) is 6.61 Å². The second-order valence-corrected chi connectivity index (χ2v) is 5.31. The zero-order valence-corrected chi connectivity index (χ0v) is 13.3. The summed E-state index contributed by atoms with van der Waals surface area (Å²) in [6, 6.07) is 13.0. The second kappa shape index (κ2) is 8.63. The van der Waals surface area contributed by atoms with Gasteiger partial charge in [0.25, 0.3) is 0 Å². The lowest BCUT2D eigenvalue weighted by atomic mass is 10.2. The summed E-state index contributed by atoms with van der Waals surface area (Å²) in [5.41, 5.74) is 4.57. The number of hydrogen-bond donors (Lipinski definition) is 2. The number of benzene rings is 2. The fraction of sp³-hybridized carbons (Fsp3) is 0.188. The van der Waals surface area contributed by atoms with E-state index in [0.29, 0.717) is 23.2 Å². The third kappa shape index (κ3) is 5.22. The lowest BCUT2D eigenvalue weighted by molar-refractivity contribution is 0.293. The van der Waals surface area contributed by atoms with E-state index in [0.717, 1.165) is 16.9 Å². The Morgan fingerprint density at radius 3 is 2.77 bits per heavy atom. The molecule has 0 fully saturated rings. The Labute approximate surface area is 139 Å². The number of aliphatic hydroxyl groups excluding tert-OH is 1. The van der Waals surface area contributed by atoms with E-state index >= 15 is 0 Å². The van der Waals surface area contributed by atoms with Crippen LogP contribution >= 0.6 is 23.2 Å². The van der Waals surface area contributed by atoms with Crippen LogP contribution in [-0.2, 0) is 6.61 Å². The minimum atomic E-state index is 0.0458. The topological polar surface area (TPSA) is 53.8 Å². The fourth-order valence-electron chi connectivity index (χ4n) is 1.72. The number of nitrogens with one attached hydrogen (secondary N) is 1. The number of ether oxygens (including phenoxy) is 1. The van der Waals surface area contributed by atoms with Crippen LogP contribution in [0.5, 0.6) is 5.75 Å². The molecule has 0 saturated heterocycles. The van der Waals surface area contributed by atoms with Crippen LogP contribution in [0.1, 0.15) is 11.1 Å². The zero-order chi connectivity index (χ0) is 15.8. The predicted molar refractivity (Wildman–Crippen MR) is 89.9 cm³/mol. The molecule has 2 N–H and O–H groups in total. The molecule has 2 aromatic rings. The van der Waals surface area contributed by atoms with Gasteiger partial charge >= 0.3 is 0 Å². The smallest absolute Gasteiger partial charge is 0.120 e. The number of hydrazone groups is 1. The average Bonchev–Trinajstić information content (AvgIpc) is 2.53. The van der Waals surface area contributed by atoms with Crippen LogP contribution in [0.25, 0.3) is 0 Å². The van der Waals surface area contributed by atoms with Crippen molar-refractivity contribution in [3.63, 3.8) is 0 Å². The highest BCUT2D eigenvalue weighted by molar-refractivity contribution is 6.42. The molecular weight excluding hydrogens is 323 g/mol. The van der Waals surface area contributed by atoms with Crippen LogP contribution in [0.2, 0.25) is 10.0 Å². The van der Waals surface area contributed by atoms with Gasteiger partial charge in [-0.05, 0) is 35.4 Å². The summed E-state index contributed by atoms with van der Waals surface area (Å²) in [6.07, 6.45) is 1.67. The van der Waals surface area contributed by atoms with E-state index in [4.69, 9.17) is 33.0 Å². The number of hydrogen-bond acceptors (Lipinski definition) is 4. The van der Waals surface area contributed by atoms with Gasteiger partial charge in [-0.3, -0.25) is 0 Å². The normalized spacial score (nSPS) is 10.9. The summed E-state index contributed by atoms with van der Waals surface area (Å²) in [6.45, 7) is 0.869. The standard InChI is InChI=1S/C16H16Cl2N2O2/c17-15-5-4-13(9-16(15)18)11-22-14-3-1-2-12(8-14)10-20-19-6-7-21/h1-5,8-10,19,21H,6-7,11H2. The lowest BCUT2D eigenvalue weighted by Gasteiger charge is -2.08. The third-order valence-corrected chi connectivity index (χ3v) is 3.52. The van der Waals surface area contributed by atoms with Crippen LogP contribution in [0, 0.1) is 0 Å². The first-order valence-electron chi connectivity index (χ1n) is 6.72. The number of halogens is 2. The Morgan fingerprint density at radius 2 is 2.00 bits per heavy atom. The first kappa shape index (κ1) is 16.6. The minimum absolute atomic E-state index is 0.0458. The summed E-state index contributed by atoms with van der Waals surface area (Å²) >= 11 is 11.9. The fourth-order valence-corrected chi connectivity index (χ4v) is 2.04. The maximum absolute atomic E-state index is 8.65. The van der Waals surface area contributed by atoms with E-state index in [1.165, 1.54) is 0 Å². The molecule has 0 aliphatic heterocycles. The summed E-state index contributed by atoms with van der Waals surface area (Å²) < 4.78 is 5.73. The minimum Gasteiger partial charge on any atom is -0.489 e. The SMILES string of the molecule is OCCNN=Cc1cccc(OCc2ccc(Cl)c(Cl)c2)c1. The average molecular weight is 339 g/mol. The highest BCUT2D eigenvalue weighted by Gasteiger charge is 2.01. The largest absolute Gasteiger partial charge is 0.489 e. The van der Waals surface area contributed by atoms with Crippen molar-refractivity contribution in [1.29, 1.82) is 0 Å². The van der Waals surface area contributed by atoms with Crippen molar-refractivity contribution in [2.24, 2.45) is 5.10 Å². The van der Waals surface area contributed by atoms with E-state index < -0.39 is 0 Å². The van der Waals surface area contributed by atoms with Crippen molar-refractivity contribution in [1.82, 2.24) is 5.43 Å². The van der Waals surface area contributed by atoms with Gasteiger partial charge in [0.2, 0.25) is 0 Å². The molecule has 0 aliphatic rings.